The molecule has 0 bridgehead atoms. The maximum atomic E-state index is 9.18. The third-order valence-corrected chi connectivity index (χ3v) is 7.04. The lowest BCUT2D eigenvalue weighted by molar-refractivity contribution is -0.187. The van der Waals surface area contributed by atoms with E-state index in [1.54, 1.807) is 11.8 Å². The SMILES string of the molecule is CCCSc1nc(Cl)c(N)c(NC2C[C@H](OCCO)[C@H]3OC4(CCCC4)O[C@@H]23)n1. The van der Waals surface area contributed by atoms with E-state index in [4.69, 9.17) is 31.5 Å². The molecular weight excluding hydrogens is 416 g/mol. The van der Waals surface area contributed by atoms with E-state index >= 15 is 0 Å². The molecule has 1 unspecified atom stereocenters. The fourth-order valence-corrected chi connectivity index (χ4v) is 5.32. The number of hydrogen-bond acceptors (Lipinski definition) is 9. The van der Waals surface area contributed by atoms with Gasteiger partial charge in [0.15, 0.2) is 21.9 Å². The van der Waals surface area contributed by atoms with E-state index in [2.05, 4.69) is 22.2 Å². The van der Waals surface area contributed by atoms with Crippen molar-refractivity contribution in [3.8, 4) is 0 Å². The molecule has 1 saturated heterocycles. The number of nitrogen functional groups attached to an aromatic ring is 1. The topological polar surface area (TPSA) is 112 Å². The molecule has 162 valence electrons. The molecule has 1 aromatic rings. The van der Waals surface area contributed by atoms with Gasteiger partial charge < -0.3 is 30.4 Å². The van der Waals surface area contributed by atoms with Gasteiger partial charge in [0, 0.05) is 18.6 Å². The number of aliphatic hydroxyl groups excluding tert-OH is 1. The molecule has 1 aliphatic heterocycles. The van der Waals surface area contributed by atoms with E-state index in [-0.39, 0.29) is 42.7 Å². The van der Waals surface area contributed by atoms with Gasteiger partial charge in [-0.2, -0.15) is 0 Å². The van der Waals surface area contributed by atoms with Crippen LogP contribution in [0, 0.1) is 0 Å². The molecule has 1 spiro atoms. The summed E-state index contributed by atoms with van der Waals surface area (Å²) in [6.45, 7) is 2.35. The molecule has 29 heavy (non-hydrogen) atoms. The Balaban J connectivity index is 1.54. The van der Waals surface area contributed by atoms with Gasteiger partial charge >= 0.3 is 0 Å². The number of aromatic nitrogens is 2. The minimum absolute atomic E-state index is 0.0234. The largest absolute Gasteiger partial charge is 0.394 e. The molecule has 0 aromatic carbocycles. The van der Waals surface area contributed by atoms with Crippen LogP contribution in [0.5, 0.6) is 0 Å². The van der Waals surface area contributed by atoms with Crippen molar-refractivity contribution < 1.29 is 19.3 Å². The zero-order chi connectivity index (χ0) is 20.4. The fourth-order valence-electron chi connectivity index (χ4n) is 4.40. The second kappa shape index (κ2) is 9.11. The summed E-state index contributed by atoms with van der Waals surface area (Å²) in [7, 11) is 0. The number of hydrogen-bond donors (Lipinski definition) is 3. The van der Waals surface area contributed by atoms with Gasteiger partial charge in [0.1, 0.15) is 17.9 Å². The van der Waals surface area contributed by atoms with Crippen LogP contribution >= 0.6 is 23.4 Å². The lowest BCUT2D eigenvalue weighted by atomic mass is 10.2. The van der Waals surface area contributed by atoms with E-state index < -0.39 is 5.79 Å². The van der Waals surface area contributed by atoms with Crippen LogP contribution in [-0.2, 0) is 14.2 Å². The molecule has 8 nitrogen and oxygen atoms in total. The molecule has 2 saturated carbocycles. The van der Waals surface area contributed by atoms with E-state index in [0.29, 0.717) is 23.1 Å². The molecule has 4 rings (SSSR count). The summed E-state index contributed by atoms with van der Waals surface area (Å²) in [6, 6.07) is -0.0824. The Morgan fingerprint density at radius 3 is 2.79 bits per heavy atom. The number of ether oxygens (including phenoxy) is 3. The van der Waals surface area contributed by atoms with Gasteiger partial charge in [0.2, 0.25) is 0 Å². The summed E-state index contributed by atoms with van der Waals surface area (Å²) in [6.07, 6.45) is 5.19. The Morgan fingerprint density at radius 1 is 1.31 bits per heavy atom. The van der Waals surface area contributed by atoms with Crippen LogP contribution in [0.25, 0.3) is 0 Å². The average Bonchev–Trinajstić information content (AvgIpc) is 3.40. The van der Waals surface area contributed by atoms with Gasteiger partial charge in [-0.25, -0.2) is 9.97 Å². The van der Waals surface area contributed by atoms with Crippen molar-refractivity contribution in [3.05, 3.63) is 5.15 Å². The van der Waals surface area contributed by atoms with Crippen molar-refractivity contribution in [1.82, 2.24) is 9.97 Å². The van der Waals surface area contributed by atoms with Gasteiger partial charge in [-0.1, -0.05) is 30.3 Å². The van der Waals surface area contributed by atoms with Crippen LogP contribution in [0.1, 0.15) is 45.4 Å². The summed E-state index contributed by atoms with van der Waals surface area (Å²) in [5.74, 6) is 0.920. The Kier molecular flexibility index (Phi) is 6.72. The number of nitrogens with one attached hydrogen (secondary N) is 1. The fraction of sp³-hybridized carbons (Fsp3) is 0.789. The van der Waals surface area contributed by atoms with E-state index in [9.17, 15) is 5.11 Å². The molecule has 0 radical (unpaired) electrons. The highest BCUT2D eigenvalue weighted by Crippen LogP contribution is 2.48. The van der Waals surface area contributed by atoms with Crippen molar-refractivity contribution in [2.75, 3.05) is 30.0 Å². The Morgan fingerprint density at radius 2 is 2.07 bits per heavy atom. The highest BCUT2D eigenvalue weighted by molar-refractivity contribution is 7.99. The van der Waals surface area contributed by atoms with Crippen LogP contribution in [0.2, 0.25) is 5.15 Å². The van der Waals surface area contributed by atoms with Crippen molar-refractivity contribution in [3.63, 3.8) is 0 Å². The number of fused-ring (bicyclic) bond motifs is 1. The number of nitrogens with zero attached hydrogens (tertiary/aromatic N) is 2. The van der Waals surface area contributed by atoms with Gasteiger partial charge in [0.05, 0.1) is 25.4 Å². The summed E-state index contributed by atoms with van der Waals surface area (Å²) in [5, 5.41) is 13.5. The Hall–Kier alpha value is -0.840. The average molecular weight is 445 g/mol. The van der Waals surface area contributed by atoms with Gasteiger partial charge in [0.25, 0.3) is 0 Å². The number of thioether (sulfide) groups is 1. The molecular formula is C19H29ClN4O4S. The molecule has 3 aliphatic rings. The quantitative estimate of drug-likeness (QED) is 0.316. The molecule has 2 aliphatic carbocycles. The maximum absolute atomic E-state index is 9.18. The van der Waals surface area contributed by atoms with E-state index in [1.807, 2.05) is 0 Å². The first-order valence-corrected chi connectivity index (χ1v) is 11.7. The van der Waals surface area contributed by atoms with E-state index in [1.165, 1.54) is 0 Å². The third-order valence-electron chi connectivity index (χ3n) is 5.70. The number of rotatable bonds is 8. The lowest BCUT2D eigenvalue weighted by Crippen LogP contribution is -2.35. The van der Waals surface area contributed by atoms with Crippen molar-refractivity contribution in [1.29, 1.82) is 0 Å². The molecule has 10 heteroatoms. The highest BCUT2D eigenvalue weighted by atomic mass is 35.5. The summed E-state index contributed by atoms with van der Waals surface area (Å²) < 4.78 is 18.7. The molecule has 0 amide bonds. The van der Waals surface area contributed by atoms with Gasteiger partial charge in [-0.3, -0.25) is 0 Å². The summed E-state index contributed by atoms with van der Waals surface area (Å²) >= 11 is 7.80. The summed E-state index contributed by atoms with van der Waals surface area (Å²) in [4.78, 5) is 8.85. The zero-order valence-corrected chi connectivity index (χ0v) is 18.2. The van der Waals surface area contributed by atoms with Crippen LogP contribution in [-0.4, -0.2) is 64.2 Å². The lowest BCUT2D eigenvalue weighted by Gasteiger charge is -2.27. The first kappa shape index (κ1) is 21.4. The standard InChI is InChI=1S/C19H29ClN4O4S/c1-2-9-29-18-23-16(20)13(21)17(24-18)22-11-10-12(26-8-7-25)15-14(11)27-19(28-15)5-3-4-6-19/h11-12,14-15,25H,2-10,21H2,1H3,(H,22,23,24)/t11?,12-,14-,15+/m0/s1. The van der Waals surface area contributed by atoms with E-state index in [0.717, 1.165) is 37.9 Å². The smallest absolute Gasteiger partial charge is 0.191 e. The van der Waals surface area contributed by atoms with Crippen molar-refractivity contribution in [2.24, 2.45) is 0 Å². The first-order valence-electron chi connectivity index (χ1n) is 10.4. The third kappa shape index (κ3) is 4.45. The normalized spacial score (nSPS) is 30.2. The van der Waals surface area contributed by atoms with Crippen molar-refractivity contribution >= 4 is 34.9 Å². The Bertz CT molecular complexity index is 722. The maximum Gasteiger partial charge on any atom is 0.191 e. The highest BCUT2D eigenvalue weighted by Gasteiger charge is 2.58. The Labute approximate surface area is 180 Å². The number of halogens is 1. The molecule has 4 N–H and O–H groups in total. The van der Waals surface area contributed by atoms with Crippen LogP contribution in [0.15, 0.2) is 5.16 Å². The first-order chi connectivity index (χ1) is 14.0. The zero-order valence-electron chi connectivity index (χ0n) is 16.6. The van der Waals surface area contributed by atoms with Gasteiger partial charge in [-0.15, -0.1) is 0 Å². The summed E-state index contributed by atoms with van der Waals surface area (Å²) in [5.41, 5.74) is 6.49. The molecule has 2 heterocycles. The number of nitrogens with two attached hydrogens (primary N) is 1. The minimum Gasteiger partial charge on any atom is -0.394 e. The molecule has 3 fully saturated rings. The number of anilines is 2. The monoisotopic (exact) mass is 444 g/mol. The number of aliphatic hydroxyl groups is 1. The van der Waals surface area contributed by atoms with Crippen LogP contribution in [0.3, 0.4) is 0 Å². The van der Waals surface area contributed by atoms with Crippen molar-refractivity contribution in [2.45, 2.75) is 80.7 Å². The van der Waals surface area contributed by atoms with Crippen LogP contribution in [0.4, 0.5) is 11.5 Å². The minimum atomic E-state index is -0.506. The van der Waals surface area contributed by atoms with Crippen LogP contribution < -0.4 is 11.1 Å². The predicted octanol–water partition coefficient (Wildman–Crippen LogP) is 2.83. The second-order valence-electron chi connectivity index (χ2n) is 7.81. The molecule has 1 aromatic heterocycles. The predicted molar refractivity (Wildman–Crippen MR) is 112 cm³/mol. The molecule has 4 atom stereocenters. The second-order valence-corrected chi connectivity index (χ2v) is 9.23. The van der Waals surface area contributed by atoms with Gasteiger partial charge in [-0.05, 0) is 25.7 Å².